The Morgan fingerprint density at radius 2 is 2.40 bits per heavy atom. The third-order valence-electron chi connectivity index (χ3n) is 2.59. The fourth-order valence-corrected chi connectivity index (χ4v) is 2.11. The standard InChI is InChI=1S/C10H16BrN3O/c1-13(4-5-15)7-9-6-10(11)12-14(9)8-2-3-8/h6,8,15H,2-5,7H2,1H3. The molecule has 1 aliphatic rings. The molecule has 1 saturated carbocycles. The van der Waals surface area contributed by atoms with Crippen molar-refractivity contribution >= 4 is 15.9 Å². The molecule has 1 heterocycles. The van der Waals surface area contributed by atoms with Gasteiger partial charge in [0.15, 0.2) is 0 Å². The summed E-state index contributed by atoms with van der Waals surface area (Å²) in [4.78, 5) is 2.10. The molecule has 0 atom stereocenters. The fraction of sp³-hybridized carbons (Fsp3) is 0.700. The van der Waals surface area contributed by atoms with E-state index < -0.39 is 0 Å². The zero-order valence-electron chi connectivity index (χ0n) is 8.86. The second-order valence-electron chi connectivity index (χ2n) is 4.10. The fourth-order valence-electron chi connectivity index (χ4n) is 1.68. The first-order chi connectivity index (χ1) is 7.20. The maximum atomic E-state index is 8.84. The number of hydrogen-bond donors (Lipinski definition) is 1. The molecule has 5 heteroatoms. The van der Waals surface area contributed by atoms with Gasteiger partial charge in [-0.05, 0) is 41.9 Å². The second-order valence-corrected chi connectivity index (χ2v) is 4.91. The molecule has 0 bridgehead atoms. The normalized spacial score (nSPS) is 16.3. The summed E-state index contributed by atoms with van der Waals surface area (Å²) in [6.45, 7) is 1.75. The van der Waals surface area contributed by atoms with Gasteiger partial charge in [-0.3, -0.25) is 9.58 Å². The molecule has 0 amide bonds. The Morgan fingerprint density at radius 1 is 1.67 bits per heavy atom. The third kappa shape index (κ3) is 2.80. The van der Waals surface area contributed by atoms with Gasteiger partial charge in [0.05, 0.1) is 18.3 Å². The summed E-state index contributed by atoms with van der Waals surface area (Å²) in [6, 6.07) is 2.67. The Kier molecular flexibility index (Phi) is 3.43. The smallest absolute Gasteiger partial charge is 0.128 e. The van der Waals surface area contributed by atoms with Crippen LogP contribution >= 0.6 is 15.9 Å². The molecule has 1 fully saturated rings. The van der Waals surface area contributed by atoms with Gasteiger partial charge in [-0.1, -0.05) is 0 Å². The molecule has 0 aromatic carbocycles. The summed E-state index contributed by atoms with van der Waals surface area (Å²) in [5, 5.41) is 13.3. The van der Waals surface area contributed by atoms with Gasteiger partial charge in [0.2, 0.25) is 0 Å². The molecule has 0 aliphatic heterocycles. The number of aromatic nitrogens is 2. The van der Waals surface area contributed by atoms with Gasteiger partial charge in [-0.2, -0.15) is 5.10 Å². The van der Waals surface area contributed by atoms with E-state index in [4.69, 9.17) is 5.11 Å². The molecular weight excluding hydrogens is 258 g/mol. The first-order valence-corrected chi connectivity index (χ1v) is 6.03. The highest BCUT2D eigenvalue weighted by Crippen LogP contribution is 2.36. The lowest BCUT2D eigenvalue weighted by Crippen LogP contribution is -2.23. The van der Waals surface area contributed by atoms with Crippen molar-refractivity contribution in [1.82, 2.24) is 14.7 Å². The predicted molar refractivity (Wildman–Crippen MR) is 61.6 cm³/mol. The van der Waals surface area contributed by atoms with Crippen LogP contribution < -0.4 is 0 Å². The molecule has 1 aromatic rings. The first kappa shape index (κ1) is 11.1. The van der Waals surface area contributed by atoms with Crippen molar-refractivity contribution in [1.29, 1.82) is 0 Å². The SMILES string of the molecule is CN(CCO)Cc1cc(Br)nn1C1CC1. The largest absolute Gasteiger partial charge is 0.395 e. The summed E-state index contributed by atoms with van der Waals surface area (Å²) in [5.41, 5.74) is 1.22. The van der Waals surface area contributed by atoms with E-state index >= 15 is 0 Å². The Hall–Kier alpha value is -0.390. The Labute approximate surface area is 98.0 Å². The number of likely N-dealkylation sites (N-methyl/N-ethyl adjacent to an activating group) is 1. The lowest BCUT2D eigenvalue weighted by molar-refractivity contribution is 0.214. The number of aliphatic hydroxyl groups excluding tert-OH is 1. The van der Waals surface area contributed by atoms with Gasteiger partial charge in [-0.25, -0.2) is 0 Å². The topological polar surface area (TPSA) is 41.3 Å². The Bertz CT molecular complexity index is 335. The minimum atomic E-state index is 0.204. The van der Waals surface area contributed by atoms with E-state index in [0.29, 0.717) is 12.6 Å². The van der Waals surface area contributed by atoms with Gasteiger partial charge < -0.3 is 5.11 Å². The minimum absolute atomic E-state index is 0.204. The van der Waals surface area contributed by atoms with E-state index in [1.807, 2.05) is 7.05 Å². The predicted octanol–water partition coefficient (Wildman–Crippen LogP) is 1.40. The molecule has 0 radical (unpaired) electrons. The maximum absolute atomic E-state index is 8.84. The van der Waals surface area contributed by atoms with Crippen LogP contribution in [0, 0.1) is 0 Å². The van der Waals surface area contributed by atoms with Crippen LogP contribution in [-0.2, 0) is 6.54 Å². The maximum Gasteiger partial charge on any atom is 0.128 e. The van der Waals surface area contributed by atoms with Gasteiger partial charge in [-0.15, -0.1) is 0 Å². The first-order valence-electron chi connectivity index (χ1n) is 5.24. The van der Waals surface area contributed by atoms with E-state index in [0.717, 1.165) is 11.1 Å². The van der Waals surface area contributed by atoms with Crippen molar-refractivity contribution in [2.75, 3.05) is 20.2 Å². The molecule has 1 N–H and O–H groups in total. The molecule has 0 spiro atoms. The quantitative estimate of drug-likeness (QED) is 0.882. The number of hydrogen-bond acceptors (Lipinski definition) is 3. The summed E-state index contributed by atoms with van der Waals surface area (Å²) < 4.78 is 3.01. The number of halogens is 1. The zero-order valence-corrected chi connectivity index (χ0v) is 10.4. The van der Waals surface area contributed by atoms with E-state index in [2.05, 4.69) is 36.7 Å². The van der Waals surface area contributed by atoms with Crippen LogP contribution in [-0.4, -0.2) is 40.0 Å². The summed E-state index contributed by atoms with van der Waals surface area (Å²) in [5.74, 6) is 0. The summed E-state index contributed by atoms with van der Waals surface area (Å²) in [6.07, 6.45) is 2.48. The Morgan fingerprint density at radius 3 is 3.00 bits per heavy atom. The van der Waals surface area contributed by atoms with Crippen LogP contribution in [0.5, 0.6) is 0 Å². The zero-order chi connectivity index (χ0) is 10.8. The monoisotopic (exact) mass is 273 g/mol. The molecular formula is C10H16BrN3O. The van der Waals surface area contributed by atoms with Gasteiger partial charge >= 0.3 is 0 Å². The molecule has 1 aliphatic carbocycles. The highest BCUT2D eigenvalue weighted by molar-refractivity contribution is 9.10. The number of aliphatic hydroxyl groups is 1. The molecule has 0 saturated heterocycles. The molecule has 84 valence electrons. The van der Waals surface area contributed by atoms with Crippen LogP contribution in [0.2, 0.25) is 0 Å². The average molecular weight is 274 g/mol. The van der Waals surface area contributed by atoms with Crippen molar-refractivity contribution in [2.45, 2.75) is 25.4 Å². The van der Waals surface area contributed by atoms with Crippen molar-refractivity contribution < 1.29 is 5.11 Å². The highest BCUT2D eigenvalue weighted by Gasteiger charge is 2.27. The van der Waals surface area contributed by atoms with Crippen LogP contribution in [0.3, 0.4) is 0 Å². The molecule has 4 nitrogen and oxygen atoms in total. The molecule has 0 unspecified atom stereocenters. The summed E-state index contributed by atoms with van der Waals surface area (Å²) in [7, 11) is 2.01. The number of nitrogens with zero attached hydrogens (tertiary/aromatic N) is 3. The lowest BCUT2D eigenvalue weighted by atomic mass is 10.4. The highest BCUT2D eigenvalue weighted by atomic mass is 79.9. The van der Waals surface area contributed by atoms with Crippen LogP contribution in [0.15, 0.2) is 10.7 Å². The summed E-state index contributed by atoms with van der Waals surface area (Å²) >= 11 is 3.41. The van der Waals surface area contributed by atoms with Crippen molar-refractivity contribution in [3.05, 3.63) is 16.4 Å². The van der Waals surface area contributed by atoms with E-state index in [9.17, 15) is 0 Å². The van der Waals surface area contributed by atoms with E-state index in [1.165, 1.54) is 18.5 Å². The minimum Gasteiger partial charge on any atom is -0.395 e. The second kappa shape index (κ2) is 4.63. The van der Waals surface area contributed by atoms with E-state index in [-0.39, 0.29) is 6.61 Å². The van der Waals surface area contributed by atoms with Gasteiger partial charge in [0, 0.05) is 13.1 Å². The van der Waals surface area contributed by atoms with Crippen molar-refractivity contribution in [2.24, 2.45) is 0 Å². The molecule has 15 heavy (non-hydrogen) atoms. The molecule has 1 aromatic heterocycles. The average Bonchev–Trinajstić information content (AvgIpc) is 2.92. The van der Waals surface area contributed by atoms with Gasteiger partial charge in [0.1, 0.15) is 4.60 Å². The van der Waals surface area contributed by atoms with Crippen molar-refractivity contribution in [3.8, 4) is 0 Å². The molecule has 2 rings (SSSR count). The van der Waals surface area contributed by atoms with E-state index in [1.54, 1.807) is 0 Å². The lowest BCUT2D eigenvalue weighted by Gasteiger charge is -2.15. The Balaban J connectivity index is 2.05. The number of rotatable bonds is 5. The van der Waals surface area contributed by atoms with Gasteiger partial charge in [0.25, 0.3) is 0 Å². The third-order valence-corrected chi connectivity index (χ3v) is 2.98. The van der Waals surface area contributed by atoms with Crippen molar-refractivity contribution in [3.63, 3.8) is 0 Å². The van der Waals surface area contributed by atoms with Crippen LogP contribution in [0.4, 0.5) is 0 Å². The van der Waals surface area contributed by atoms with Crippen LogP contribution in [0.1, 0.15) is 24.6 Å². The van der Waals surface area contributed by atoms with Crippen LogP contribution in [0.25, 0.3) is 0 Å².